The molecule has 0 aliphatic heterocycles. The molecule has 1 saturated carbocycles. The molecule has 5 rings (SSSR count). The normalized spacial score (nSPS) is 13.9. The van der Waals surface area contributed by atoms with Crippen molar-refractivity contribution in [1.29, 1.82) is 0 Å². The Balaban J connectivity index is 1.43. The van der Waals surface area contributed by atoms with E-state index in [1.165, 1.54) is 12.1 Å². The molecule has 1 fully saturated rings. The molecular formula is C30H31F2N3O4S. The molecule has 0 atom stereocenters. The molecule has 1 heterocycles. The summed E-state index contributed by atoms with van der Waals surface area (Å²) in [5.41, 5.74) is 1.36. The summed E-state index contributed by atoms with van der Waals surface area (Å²) in [6, 6.07) is 15.1. The van der Waals surface area contributed by atoms with E-state index in [1.54, 1.807) is 51.1 Å². The third kappa shape index (κ3) is 5.86. The SMILES string of the molecule is CCS(=O)(=O)c1ccccc1CC(=O)Nc1ccc2c(c1)nc(C(C)(C)Oc1ccc(F)cc1F)n2CC1CC1. The lowest BCUT2D eigenvalue weighted by atomic mass is 10.1. The number of aromatic nitrogens is 2. The number of carbonyl (C=O) groups is 1. The predicted molar refractivity (Wildman–Crippen MR) is 149 cm³/mol. The van der Waals surface area contributed by atoms with Crippen LogP contribution >= 0.6 is 0 Å². The van der Waals surface area contributed by atoms with E-state index in [2.05, 4.69) is 9.88 Å². The number of carbonyl (C=O) groups excluding carboxylic acids is 1. The van der Waals surface area contributed by atoms with Gasteiger partial charge in [0.2, 0.25) is 5.91 Å². The van der Waals surface area contributed by atoms with Gasteiger partial charge in [-0.2, -0.15) is 0 Å². The van der Waals surface area contributed by atoms with E-state index in [0.717, 1.165) is 37.0 Å². The summed E-state index contributed by atoms with van der Waals surface area (Å²) in [5.74, 6) is -0.873. The molecule has 210 valence electrons. The number of nitrogens with one attached hydrogen (secondary N) is 1. The topological polar surface area (TPSA) is 90.3 Å². The van der Waals surface area contributed by atoms with Gasteiger partial charge in [0.15, 0.2) is 32.8 Å². The van der Waals surface area contributed by atoms with Gasteiger partial charge in [0.25, 0.3) is 0 Å². The molecule has 40 heavy (non-hydrogen) atoms. The summed E-state index contributed by atoms with van der Waals surface area (Å²) in [4.78, 5) is 17.9. The second kappa shape index (κ2) is 10.6. The first-order chi connectivity index (χ1) is 19.0. The zero-order valence-electron chi connectivity index (χ0n) is 22.6. The molecule has 1 N–H and O–H groups in total. The number of hydrogen-bond donors (Lipinski definition) is 1. The molecule has 1 aliphatic carbocycles. The Hall–Kier alpha value is -3.79. The number of fused-ring (bicyclic) bond motifs is 1. The average Bonchev–Trinajstić information content (AvgIpc) is 3.65. The van der Waals surface area contributed by atoms with Crippen LogP contribution in [-0.4, -0.2) is 29.6 Å². The molecule has 4 aromatic rings. The van der Waals surface area contributed by atoms with Crippen LogP contribution in [0, 0.1) is 17.6 Å². The van der Waals surface area contributed by atoms with Crippen LogP contribution in [0.4, 0.5) is 14.5 Å². The summed E-state index contributed by atoms with van der Waals surface area (Å²) in [6.45, 7) is 5.86. The molecule has 0 bridgehead atoms. The number of nitrogens with zero attached hydrogens (tertiary/aromatic N) is 2. The van der Waals surface area contributed by atoms with Crippen LogP contribution in [0.15, 0.2) is 65.6 Å². The number of amides is 1. The molecule has 1 amide bonds. The summed E-state index contributed by atoms with van der Waals surface area (Å²) in [7, 11) is -3.47. The summed E-state index contributed by atoms with van der Waals surface area (Å²) in [6.07, 6.45) is 2.12. The van der Waals surface area contributed by atoms with Crippen molar-refractivity contribution < 1.29 is 26.7 Å². The van der Waals surface area contributed by atoms with Gasteiger partial charge in [0, 0.05) is 18.3 Å². The zero-order valence-corrected chi connectivity index (χ0v) is 23.4. The van der Waals surface area contributed by atoms with Crippen LogP contribution in [0.3, 0.4) is 0 Å². The van der Waals surface area contributed by atoms with Gasteiger partial charge in [-0.3, -0.25) is 4.79 Å². The van der Waals surface area contributed by atoms with Crippen molar-refractivity contribution in [3.8, 4) is 5.75 Å². The van der Waals surface area contributed by atoms with Gasteiger partial charge in [-0.1, -0.05) is 25.1 Å². The summed E-state index contributed by atoms with van der Waals surface area (Å²) < 4.78 is 60.8. The van der Waals surface area contributed by atoms with Crippen molar-refractivity contribution in [1.82, 2.24) is 9.55 Å². The lowest BCUT2D eigenvalue weighted by Crippen LogP contribution is -2.30. The molecule has 0 spiro atoms. The highest BCUT2D eigenvalue weighted by molar-refractivity contribution is 7.91. The second-order valence-electron chi connectivity index (χ2n) is 10.6. The fourth-order valence-corrected chi connectivity index (χ4v) is 5.91. The van der Waals surface area contributed by atoms with E-state index < -0.39 is 27.1 Å². The lowest BCUT2D eigenvalue weighted by molar-refractivity contribution is -0.115. The first kappa shape index (κ1) is 27.8. The van der Waals surface area contributed by atoms with Crippen LogP contribution in [-0.2, 0) is 33.2 Å². The van der Waals surface area contributed by atoms with Gasteiger partial charge in [0.1, 0.15) is 5.82 Å². The molecule has 3 aromatic carbocycles. The van der Waals surface area contributed by atoms with E-state index in [0.29, 0.717) is 28.5 Å². The Bertz CT molecular complexity index is 1690. The lowest BCUT2D eigenvalue weighted by Gasteiger charge is -2.27. The van der Waals surface area contributed by atoms with Crippen molar-refractivity contribution in [3.05, 3.63) is 83.7 Å². The maximum absolute atomic E-state index is 14.4. The number of halogens is 2. The maximum atomic E-state index is 14.4. The van der Waals surface area contributed by atoms with Gasteiger partial charge in [-0.25, -0.2) is 22.2 Å². The number of rotatable bonds is 10. The van der Waals surface area contributed by atoms with Crippen LogP contribution < -0.4 is 10.1 Å². The fourth-order valence-electron chi connectivity index (χ4n) is 4.78. The van der Waals surface area contributed by atoms with Crippen molar-refractivity contribution in [3.63, 3.8) is 0 Å². The Labute approximate surface area is 232 Å². The number of benzene rings is 3. The monoisotopic (exact) mass is 567 g/mol. The third-order valence-electron chi connectivity index (χ3n) is 7.01. The van der Waals surface area contributed by atoms with E-state index in [-0.39, 0.29) is 28.7 Å². The Morgan fingerprint density at radius 2 is 1.85 bits per heavy atom. The minimum atomic E-state index is -3.47. The highest BCUT2D eigenvalue weighted by atomic mass is 32.2. The molecule has 0 radical (unpaired) electrons. The largest absolute Gasteiger partial charge is 0.477 e. The number of anilines is 1. The number of ether oxygens (including phenoxy) is 1. The van der Waals surface area contributed by atoms with Gasteiger partial charge < -0.3 is 14.6 Å². The summed E-state index contributed by atoms with van der Waals surface area (Å²) >= 11 is 0. The quantitative estimate of drug-likeness (QED) is 0.253. The van der Waals surface area contributed by atoms with Gasteiger partial charge in [-0.05, 0) is 74.6 Å². The average molecular weight is 568 g/mol. The Morgan fingerprint density at radius 1 is 1.10 bits per heavy atom. The van der Waals surface area contributed by atoms with E-state index in [1.807, 2.05) is 6.07 Å². The van der Waals surface area contributed by atoms with E-state index in [4.69, 9.17) is 9.72 Å². The van der Waals surface area contributed by atoms with Crippen LogP contribution in [0.2, 0.25) is 0 Å². The van der Waals surface area contributed by atoms with Crippen molar-refractivity contribution in [2.45, 2.75) is 57.1 Å². The van der Waals surface area contributed by atoms with Crippen molar-refractivity contribution >= 4 is 32.5 Å². The number of hydrogen-bond acceptors (Lipinski definition) is 5. The van der Waals surface area contributed by atoms with Crippen LogP contribution in [0.1, 0.15) is 45.0 Å². The van der Waals surface area contributed by atoms with Gasteiger partial charge >= 0.3 is 0 Å². The maximum Gasteiger partial charge on any atom is 0.228 e. The smallest absolute Gasteiger partial charge is 0.228 e. The molecule has 1 aliphatic rings. The molecule has 0 unspecified atom stereocenters. The van der Waals surface area contributed by atoms with Crippen molar-refractivity contribution in [2.75, 3.05) is 11.1 Å². The standard InChI is InChI=1S/C30H31F2N3O4S/c1-4-40(37,38)27-8-6-5-7-20(27)15-28(36)33-22-12-13-25-24(17-22)34-29(35(25)18-19-9-10-19)30(2,3)39-26-14-11-21(31)16-23(26)32/h5-8,11-14,16-17,19H,4,9-10,15,18H2,1-3H3,(H,33,36). The molecule has 0 saturated heterocycles. The second-order valence-corrected chi connectivity index (χ2v) is 12.9. The van der Waals surface area contributed by atoms with E-state index in [9.17, 15) is 22.0 Å². The molecule has 7 nitrogen and oxygen atoms in total. The molecule has 10 heteroatoms. The third-order valence-corrected chi connectivity index (χ3v) is 8.83. The Morgan fingerprint density at radius 3 is 2.55 bits per heavy atom. The minimum absolute atomic E-state index is 0.0536. The molecular weight excluding hydrogens is 536 g/mol. The van der Waals surface area contributed by atoms with E-state index >= 15 is 0 Å². The van der Waals surface area contributed by atoms with Gasteiger partial charge in [0.05, 0.1) is 28.1 Å². The first-order valence-electron chi connectivity index (χ1n) is 13.2. The highest BCUT2D eigenvalue weighted by Gasteiger charge is 2.33. The summed E-state index contributed by atoms with van der Waals surface area (Å²) in [5, 5.41) is 2.85. The number of sulfone groups is 1. The fraction of sp³-hybridized carbons (Fsp3) is 0.333. The Kier molecular flexibility index (Phi) is 7.39. The van der Waals surface area contributed by atoms with Gasteiger partial charge in [-0.15, -0.1) is 0 Å². The molecule has 1 aromatic heterocycles. The zero-order chi connectivity index (χ0) is 28.7. The van der Waals surface area contributed by atoms with Crippen LogP contribution in [0.5, 0.6) is 5.75 Å². The van der Waals surface area contributed by atoms with Crippen molar-refractivity contribution in [2.24, 2.45) is 5.92 Å². The first-order valence-corrected chi connectivity index (χ1v) is 14.9. The highest BCUT2D eigenvalue weighted by Crippen LogP contribution is 2.37. The predicted octanol–water partition coefficient (Wildman–Crippen LogP) is 6.01. The minimum Gasteiger partial charge on any atom is -0.477 e. The van der Waals surface area contributed by atoms with Crippen LogP contribution in [0.25, 0.3) is 11.0 Å². The number of imidazole rings is 1.